The van der Waals surface area contributed by atoms with Crippen LogP contribution in [0.4, 0.5) is 0 Å². The molecule has 76 valence electrons. The van der Waals surface area contributed by atoms with Crippen molar-refractivity contribution >= 4 is 15.9 Å². The van der Waals surface area contributed by atoms with E-state index in [1.807, 2.05) is 18.2 Å². The third kappa shape index (κ3) is 2.71. The third-order valence-electron chi connectivity index (χ3n) is 2.69. The van der Waals surface area contributed by atoms with Crippen LogP contribution in [-0.2, 0) is 0 Å². The van der Waals surface area contributed by atoms with Gasteiger partial charge in [-0.15, -0.1) is 0 Å². The molecule has 1 aliphatic carbocycles. The average Bonchev–Trinajstić information content (AvgIpc) is 2.09. The van der Waals surface area contributed by atoms with Crippen LogP contribution in [0.3, 0.4) is 0 Å². The smallest absolute Gasteiger partial charge is 0.214 e. The summed E-state index contributed by atoms with van der Waals surface area (Å²) in [6.07, 6.45) is 5.35. The van der Waals surface area contributed by atoms with Crippen LogP contribution in [0.25, 0.3) is 0 Å². The summed E-state index contributed by atoms with van der Waals surface area (Å²) in [5.74, 6) is 1.63. The third-order valence-corrected chi connectivity index (χ3v) is 3.13. The van der Waals surface area contributed by atoms with Crippen molar-refractivity contribution in [3.05, 3.63) is 22.8 Å². The molecule has 2 rings (SSSR count). The molecule has 14 heavy (non-hydrogen) atoms. The van der Waals surface area contributed by atoms with Gasteiger partial charge in [0.25, 0.3) is 0 Å². The summed E-state index contributed by atoms with van der Waals surface area (Å²) in [4.78, 5) is 4.21. The van der Waals surface area contributed by atoms with Gasteiger partial charge in [0.2, 0.25) is 5.88 Å². The normalized spacial score (nSPS) is 16.4. The zero-order chi connectivity index (χ0) is 9.80. The second-order valence-electron chi connectivity index (χ2n) is 3.73. The standard InChI is InChI=1S/C11H14BrNO/c12-10-5-2-6-11(13-10)14-8-7-9-3-1-4-9/h2,5-6,9H,1,3-4,7-8H2. The molecule has 1 aromatic heterocycles. The topological polar surface area (TPSA) is 22.1 Å². The summed E-state index contributed by atoms with van der Waals surface area (Å²) in [6, 6.07) is 5.74. The van der Waals surface area contributed by atoms with Crippen LogP contribution in [0.2, 0.25) is 0 Å². The number of aromatic nitrogens is 1. The second-order valence-corrected chi connectivity index (χ2v) is 4.55. The van der Waals surface area contributed by atoms with Crippen molar-refractivity contribution in [2.45, 2.75) is 25.7 Å². The van der Waals surface area contributed by atoms with Crippen molar-refractivity contribution in [3.8, 4) is 5.88 Å². The SMILES string of the molecule is Brc1cccc(OCCC2CCC2)n1. The van der Waals surface area contributed by atoms with Crippen molar-refractivity contribution in [2.24, 2.45) is 5.92 Å². The maximum Gasteiger partial charge on any atom is 0.214 e. The number of pyridine rings is 1. The predicted octanol–water partition coefficient (Wildman–Crippen LogP) is 3.41. The fourth-order valence-corrected chi connectivity index (χ4v) is 1.91. The van der Waals surface area contributed by atoms with Gasteiger partial charge in [0.05, 0.1) is 6.61 Å². The van der Waals surface area contributed by atoms with E-state index in [2.05, 4.69) is 20.9 Å². The molecule has 0 spiro atoms. The highest BCUT2D eigenvalue weighted by molar-refractivity contribution is 9.10. The lowest BCUT2D eigenvalue weighted by Crippen LogP contribution is -2.14. The molecule has 1 aromatic rings. The van der Waals surface area contributed by atoms with Crippen molar-refractivity contribution in [2.75, 3.05) is 6.61 Å². The molecule has 0 aromatic carbocycles. The van der Waals surface area contributed by atoms with E-state index < -0.39 is 0 Å². The summed E-state index contributed by atoms with van der Waals surface area (Å²) in [6.45, 7) is 0.800. The van der Waals surface area contributed by atoms with Crippen LogP contribution >= 0.6 is 15.9 Å². The molecular weight excluding hydrogens is 242 g/mol. The summed E-state index contributed by atoms with van der Waals surface area (Å²) < 4.78 is 6.38. The highest BCUT2D eigenvalue weighted by Gasteiger charge is 2.16. The molecule has 0 N–H and O–H groups in total. The Morgan fingerprint density at radius 2 is 2.29 bits per heavy atom. The number of hydrogen-bond acceptors (Lipinski definition) is 2. The summed E-state index contributed by atoms with van der Waals surface area (Å²) in [7, 11) is 0. The first-order valence-electron chi connectivity index (χ1n) is 5.10. The zero-order valence-electron chi connectivity index (χ0n) is 8.08. The Bertz CT molecular complexity index is 299. The molecule has 0 saturated heterocycles. The number of halogens is 1. The van der Waals surface area contributed by atoms with Crippen molar-refractivity contribution in [1.82, 2.24) is 4.98 Å². The van der Waals surface area contributed by atoms with E-state index in [1.54, 1.807) is 0 Å². The lowest BCUT2D eigenvalue weighted by atomic mass is 9.83. The van der Waals surface area contributed by atoms with Gasteiger partial charge in [-0.25, -0.2) is 4.98 Å². The number of rotatable bonds is 4. The van der Waals surface area contributed by atoms with E-state index in [1.165, 1.54) is 25.7 Å². The fraction of sp³-hybridized carbons (Fsp3) is 0.545. The number of nitrogens with zero attached hydrogens (tertiary/aromatic N) is 1. The van der Waals surface area contributed by atoms with Gasteiger partial charge in [0, 0.05) is 6.07 Å². The summed E-state index contributed by atoms with van der Waals surface area (Å²) >= 11 is 3.32. The largest absolute Gasteiger partial charge is 0.478 e. The molecule has 3 heteroatoms. The van der Waals surface area contributed by atoms with Gasteiger partial charge < -0.3 is 4.74 Å². The molecule has 1 aliphatic rings. The Morgan fingerprint density at radius 1 is 1.43 bits per heavy atom. The monoisotopic (exact) mass is 255 g/mol. The summed E-state index contributed by atoms with van der Waals surface area (Å²) in [5.41, 5.74) is 0. The Kier molecular flexibility index (Phi) is 3.40. The summed E-state index contributed by atoms with van der Waals surface area (Å²) in [5, 5.41) is 0. The van der Waals surface area contributed by atoms with Crippen molar-refractivity contribution in [1.29, 1.82) is 0 Å². The number of ether oxygens (including phenoxy) is 1. The highest BCUT2D eigenvalue weighted by Crippen LogP contribution is 2.29. The molecule has 0 radical (unpaired) electrons. The van der Waals surface area contributed by atoms with Gasteiger partial charge in [-0.2, -0.15) is 0 Å². The molecule has 0 atom stereocenters. The minimum atomic E-state index is 0.721. The lowest BCUT2D eigenvalue weighted by Gasteiger charge is -2.24. The molecule has 0 aliphatic heterocycles. The Morgan fingerprint density at radius 3 is 2.93 bits per heavy atom. The van der Waals surface area contributed by atoms with Gasteiger partial charge in [-0.3, -0.25) is 0 Å². The maximum absolute atomic E-state index is 5.55. The van der Waals surface area contributed by atoms with Crippen LogP contribution in [0, 0.1) is 5.92 Å². The minimum Gasteiger partial charge on any atom is -0.478 e. The van der Waals surface area contributed by atoms with Crippen LogP contribution in [0.15, 0.2) is 22.8 Å². The predicted molar refractivity (Wildman–Crippen MR) is 59.4 cm³/mol. The van der Waals surface area contributed by atoms with E-state index in [0.29, 0.717) is 0 Å². The molecule has 2 nitrogen and oxygen atoms in total. The average molecular weight is 256 g/mol. The van der Waals surface area contributed by atoms with E-state index in [9.17, 15) is 0 Å². The Labute approximate surface area is 92.8 Å². The first-order valence-corrected chi connectivity index (χ1v) is 5.89. The van der Waals surface area contributed by atoms with Crippen molar-refractivity contribution in [3.63, 3.8) is 0 Å². The first-order chi connectivity index (χ1) is 6.84. The van der Waals surface area contributed by atoms with Crippen molar-refractivity contribution < 1.29 is 4.74 Å². The maximum atomic E-state index is 5.55. The molecule has 0 bridgehead atoms. The lowest BCUT2D eigenvalue weighted by molar-refractivity contribution is 0.217. The fourth-order valence-electron chi connectivity index (χ4n) is 1.58. The van der Waals surface area contributed by atoms with Gasteiger partial charge in [0.1, 0.15) is 4.60 Å². The van der Waals surface area contributed by atoms with Crippen LogP contribution < -0.4 is 4.74 Å². The van der Waals surface area contributed by atoms with E-state index in [0.717, 1.165) is 23.0 Å². The second kappa shape index (κ2) is 4.78. The number of hydrogen-bond donors (Lipinski definition) is 0. The Hall–Kier alpha value is -0.570. The van der Waals surface area contributed by atoms with E-state index in [4.69, 9.17) is 4.74 Å². The van der Waals surface area contributed by atoms with E-state index >= 15 is 0 Å². The molecule has 0 amide bonds. The molecule has 1 saturated carbocycles. The molecule has 1 fully saturated rings. The van der Waals surface area contributed by atoms with Gasteiger partial charge >= 0.3 is 0 Å². The Balaban J connectivity index is 1.74. The van der Waals surface area contributed by atoms with Crippen LogP contribution in [-0.4, -0.2) is 11.6 Å². The van der Waals surface area contributed by atoms with Gasteiger partial charge in [-0.05, 0) is 34.3 Å². The van der Waals surface area contributed by atoms with Crippen LogP contribution in [0.5, 0.6) is 5.88 Å². The first kappa shape index (κ1) is 9.97. The van der Waals surface area contributed by atoms with E-state index in [-0.39, 0.29) is 0 Å². The molecule has 1 heterocycles. The van der Waals surface area contributed by atoms with Crippen LogP contribution in [0.1, 0.15) is 25.7 Å². The molecule has 0 unspecified atom stereocenters. The zero-order valence-corrected chi connectivity index (χ0v) is 9.66. The molecular formula is C11H14BrNO. The minimum absolute atomic E-state index is 0.721. The highest BCUT2D eigenvalue weighted by atomic mass is 79.9. The van der Waals surface area contributed by atoms with Gasteiger partial charge in [-0.1, -0.05) is 25.3 Å². The van der Waals surface area contributed by atoms with Gasteiger partial charge in [0.15, 0.2) is 0 Å². The quantitative estimate of drug-likeness (QED) is 0.770.